The van der Waals surface area contributed by atoms with Crippen molar-refractivity contribution in [3.63, 3.8) is 0 Å². The highest BCUT2D eigenvalue weighted by Crippen LogP contribution is 2.36. The zero-order chi connectivity index (χ0) is 22.1. The van der Waals surface area contributed by atoms with Gasteiger partial charge < -0.3 is 9.26 Å². The summed E-state index contributed by atoms with van der Waals surface area (Å²) in [4.78, 5) is 11.4. The number of sulfonamides is 1. The Morgan fingerprint density at radius 3 is 2.57 bits per heavy atom. The van der Waals surface area contributed by atoms with Crippen LogP contribution >= 0.6 is 11.6 Å². The lowest BCUT2D eigenvalue weighted by Gasteiger charge is -2.15. The van der Waals surface area contributed by atoms with Gasteiger partial charge >= 0.3 is 0 Å². The van der Waals surface area contributed by atoms with E-state index < -0.39 is 10.0 Å². The summed E-state index contributed by atoms with van der Waals surface area (Å²) in [5.41, 5.74) is 2.52. The number of anilines is 2. The van der Waals surface area contributed by atoms with Crippen LogP contribution in [0.25, 0.3) is 11.1 Å². The molecule has 3 aromatic rings. The highest BCUT2D eigenvalue weighted by molar-refractivity contribution is 7.92. The Labute approximate surface area is 179 Å². The number of hydrogen-bond donors (Lipinski definition) is 2. The van der Waals surface area contributed by atoms with Crippen LogP contribution in [-0.2, 0) is 14.8 Å². The van der Waals surface area contributed by atoms with E-state index in [0.717, 1.165) is 0 Å². The predicted octanol–water partition coefficient (Wildman–Crippen LogP) is 4.38. The van der Waals surface area contributed by atoms with E-state index in [9.17, 15) is 13.2 Å². The van der Waals surface area contributed by atoms with E-state index in [0.29, 0.717) is 33.1 Å². The maximum Gasteiger partial charge on any atom is 0.265 e. The number of methoxy groups -OCH3 is 1. The fraction of sp³-hybridized carbons (Fsp3) is 0.200. The van der Waals surface area contributed by atoms with Gasteiger partial charge in [0.05, 0.1) is 24.1 Å². The van der Waals surface area contributed by atoms with Gasteiger partial charge in [0.15, 0.2) is 0 Å². The van der Waals surface area contributed by atoms with Crippen LogP contribution in [-0.4, -0.2) is 26.6 Å². The highest BCUT2D eigenvalue weighted by Gasteiger charge is 2.24. The fourth-order valence-corrected chi connectivity index (χ4v) is 4.39. The minimum absolute atomic E-state index is 0.0868. The third-order valence-electron chi connectivity index (χ3n) is 4.34. The highest BCUT2D eigenvalue weighted by atomic mass is 35.5. The quantitative estimate of drug-likeness (QED) is 0.577. The molecule has 0 aliphatic carbocycles. The first-order chi connectivity index (χ1) is 14.1. The van der Waals surface area contributed by atoms with E-state index >= 15 is 0 Å². The van der Waals surface area contributed by atoms with Gasteiger partial charge in [0, 0.05) is 11.9 Å². The SMILES string of the molecule is COc1ccc(-c2c(C)noc2NC(C)=O)cc1S(=O)(=O)Nc1cc(Cl)ccc1C. The number of benzene rings is 2. The van der Waals surface area contributed by atoms with Crippen molar-refractivity contribution in [1.82, 2.24) is 5.16 Å². The number of carbonyl (C=O) groups excluding carboxylic acids is 1. The molecule has 1 heterocycles. The molecule has 0 atom stereocenters. The van der Waals surface area contributed by atoms with Crippen LogP contribution < -0.4 is 14.8 Å². The Kier molecular flexibility index (Phi) is 6.04. The van der Waals surface area contributed by atoms with Crippen LogP contribution in [0.2, 0.25) is 5.02 Å². The second-order valence-electron chi connectivity index (χ2n) is 6.58. The molecule has 0 spiro atoms. The maximum atomic E-state index is 13.2. The van der Waals surface area contributed by atoms with E-state index in [1.807, 2.05) is 0 Å². The molecule has 1 aromatic heterocycles. The number of carbonyl (C=O) groups is 1. The molecule has 0 saturated carbocycles. The molecule has 0 saturated heterocycles. The lowest BCUT2D eigenvalue weighted by atomic mass is 10.1. The number of halogens is 1. The van der Waals surface area contributed by atoms with E-state index in [-0.39, 0.29) is 22.4 Å². The van der Waals surface area contributed by atoms with Crippen molar-refractivity contribution >= 4 is 39.1 Å². The molecule has 30 heavy (non-hydrogen) atoms. The zero-order valence-electron chi connectivity index (χ0n) is 16.7. The van der Waals surface area contributed by atoms with Gasteiger partial charge in [0.2, 0.25) is 11.8 Å². The van der Waals surface area contributed by atoms with Gasteiger partial charge in [-0.3, -0.25) is 14.8 Å². The Bertz CT molecular complexity index is 1220. The van der Waals surface area contributed by atoms with Crippen molar-refractivity contribution in [1.29, 1.82) is 0 Å². The Morgan fingerprint density at radius 1 is 1.17 bits per heavy atom. The summed E-state index contributed by atoms with van der Waals surface area (Å²) in [7, 11) is -2.65. The van der Waals surface area contributed by atoms with Crippen LogP contribution in [0.4, 0.5) is 11.6 Å². The Balaban J connectivity index is 2.11. The molecular formula is C20H20ClN3O5S. The minimum Gasteiger partial charge on any atom is -0.495 e. The minimum atomic E-state index is -4.03. The first-order valence-corrected chi connectivity index (χ1v) is 10.7. The summed E-state index contributed by atoms with van der Waals surface area (Å²) >= 11 is 6.01. The van der Waals surface area contributed by atoms with E-state index in [1.54, 1.807) is 32.0 Å². The average molecular weight is 450 g/mol. The average Bonchev–Trinajstić information content (AvgIpc) is 3.03. The first-order valence-electron chi connectivity index (χ1n) is 8.83. The van der Waals surface area contributed by atoms with E-state index in [4.69, 9.17) is 20.9 Å². The second-order valence-corrected chi connectivity index (χ2v) is 8.67. The molecule has 0 bridgehead atoms. The molecule has 1 amide bonds. The van der Waals surface area contributed by atoms with Gasteiger partial charge in [0.1, 0.15) is 10.6 Å². The largest absolute Gasteiger partial charge is 0.495 e. The number of nitrogens with zero attached hydrogens (tertiary/aromatic N) is 1. The van der Waals surface area contributed by atoms with Gasteiger partial charge in [-0.05, 0) is 49.2 Å². The molecular weight excluding hydrogens is 430 g/mol. The predicted molar refractivity (Wildman–Crippen MR) is 115 cm³/mol. The molecule has 0 aliphatic rings. The molecule has 10 heteroatoms. The molecule has 8 nitrogen and oxygen atoms in total. The van der Waals surface area contributed by atoms with E-state index in [1.165, 1.54) is 32.2 Å². The van der Waals surface area contributed by atoms with Crippen LogP contribution in [0.1, 0.15) is 18.2 Å². The maximum absolute atomic E-state index is 13.2. The molecule has 158 valence electrons. The third-order valence-corrected chi connectivity index (χ3v) is 5.96. The summed E-state index contributed by atoms with van der Waals surface area (Å²) in [6.45, 7) is 4.79. The topological polar surface area (TPSA) is 111 Å². The van der Waals surface area contributed by atoms with Gasteiger partial charge in [-0.25, -0.2) is 8.42 Å². The standard InChI is InChI=1S/C20H20ClN3O5S/c1-11-5-7-15(21)10-16(11)24-30(26,27)18-9-14(6-8-17(18)28-4)19-12(2)23-29-20(19)22-13(3)25/h5-10,24H,1-4H3,(H,22,25). The summed E-state index contributed by atoms with van der Waals surface area (Å²) in [5.74, 6) is -0.0554. The summed E-state index contributed by atoms with van der Waals surface area (Å²) in [5, 5.41) is 6.82. The second kappa shape index (κ2) is 8.37. The summed E-state index contributed by atoms with van der Waals surface area (Å²) in [6, 6.07) is 9.55. The number of nitrogens with one attached hydrogen (secondary N) is 2. The molecule has 0 radical (unpaired) electrons. The molecule has 0 unspecified atom stereocenters. The van der Waals surface area contributed by atoms with E-state index in [2.05, 4.69) is 15.2 Å². The van der Waals surface area contributed by atoms with Crippen LogP contribution in [0, 0.1) is 13.8 Å². The fourth-order valence-electron chi connectivity index (χ4n) is 2.90. The number of aryl methyl sites for hydroxylation is 2. The van der Waals surface area contributed by atoms with Crippen molar-refractivity contribution < 1.29 is 22.5 Å². The lowest BCUT2D eigenvalue weighted by Crippen LogP contribution is -2.15. The molecule has 0 fully saturated rings. The summed E-state index contributed by atoms with van der Waals surface area (Å²) < 4.78 is 39.3. The zero-order valence-corrected chi connectivity index (χ0v) is 18.3. The van der Waals surface area contributed by atoms with Crippen molar-refractivity contribution in [2.75, 3.05) is 17.1 Å². The first kappa shape index (κ1) is 21.7. The van der Waals surface area contributed by atoms with Crippen molar-refractivity contribution in [2.45, 2.75) is 25.7 Å². The summed E-state index contributed by atoms with van der Waals surface area (Å²) in [6.07, 6.45) is 0. The van der Waals surface area contributed by atoms with Crippen molar-refractivity contribution in [3.8, 4) is 16.9 Å². The number of rotatable bonds is 6. The molecule has 2 aromatic carbocycles. The van der Waals surface area contributed by atoms with Gasteiger partial charge in [-0.1, -0.05) is 28.9 Å². The van der Waals surface area contributed by atoms with Crippen LogP contribution in [0.15, 0.2) is 45.8 Å². The van der Waals surface area contributed by atoms with Crippen molar-refractivity contribution in [2.24, 2.45) is 0 Å². The van der Waals surface area contributed by atoms with Crippen LogP contribution in [0.5, 0.6) is 5.75 Å². The molecule has 0 aliphatic heterocycles. The lowest BCUT2D eigenvalue weighted by molar-refractivity contribution is -0.114. The number of ether oxygens (including phenoxy) is 1. The number of hydrogen-bond acceptors (Lipinski definition) is 6. The monoisotopic (exact) mass is 449 g/mol. The number of amides is 1. The Morgan fingerprint density at radius 2 is 1.90 bits per heavy atom. The van der Waals surface area contributed by atoms with Crippen molar-refractivity contribution in [3.05, 3.63) is 52.7 Å². The molecule has 2 N–H and O–H groups in total. The van der Waals surface area contributed by atoms with Gasteiger partial charge in [0.25, 0.3) is 10.0 Å². The van der Waals surface area contributed by atoms with Gasteiger partial charge in [-0.2, -0.15) is 0 Å². The van der Waals surface area contributed by atoms with Crippen LogP contribution in [0.3, 0.4) is 0 Å². The molecule has 3 rings (SSSR count). The third kappa shape index (κ3) is 4.42. The normalized spacial score (nSPS) is 11.2. The van der Waals surface area contributed by atoms with Gasteiger partial charge in [-0.15, -0.1) is 0 Å². The Hall–Kier alpha value is -3.04. The number of aromatic nitrogens is 1. The smallest absolute Gasteiger partial charge is 0.265 e.